The fourth-order valence-electron chi connectivity index (χ4n) is 4.97. The van der Waals surface area contributed by atoms with E-state index in [1.807, 2.05) is 47.4 Å². The zero-order chi connectivity index (χ0) is 23.8. The molecule has 2 aromatic carbocycles. The Bertz CT molecular complexity index is 1240. The molecule has 0 saturated carbocycles. The smallest absolute Gasteiger partial charge is 0.254 e. The lowest BCUT2D eigenvalue weighted by molar-refractivity contribution is -0.117. The Kier molecular flexibility index (Phi) is 5.90. The minimum atomic E-state index is 0.0182. The van der Waals surface area contributed by atoms with E-state index in [4.69, 9.17) is 4.98 Å². The van der Waals surface area contributed by atoms with Crippen molar-refractivity contribution in [2.75, 3.05) is 11.4 Å². The van der Waals surface area contributed by atoms with E-state index >= 15 is 0 Å². The number of nitrogens with zero attached hydrogens (tertiary/aromatic N) is 4. The Morgan fingerprint density at radius 1 is 1.12 bits per heavy atom. The van der Waals surface area contributed by atoms with Crippen molar-refractivity contribution in [2.45, 2.75) is 58.5 Å². The summed E-state index contributed by atoms with van der Waals surface area (Å²) in [7, 11) is 0. The molecule has 1 fully saturated rings. The van der Waals surface area contributed by atoms with E-state index < -0.39 is 0 Å². The number of likely N-dealkylation sites (tertiary alicyclic amines) is 1. The first-order valence-electron chi connectivity index (χ1n) is 12.1. The molecule has 2 aliphatic rings. The Hall–Kier alpha value is -3.54. The molecule has 3 aromatic rings. The maximum absolute atomic E-state index is 12.8. The number of carbonyl (C=O) groups is 2. The molecule has 174 valence electrons. The van der Waals surface area contributed by atoms with Crippen LogP contribution in [0.4, 0.5) is 5.82 Å². The predicted molar refractivity (Wildman–Crippen MR) is 133 cm³/mol. The Morgan fingerprint density at radius 3 is 2.59 bits per heavy atom. The van der Waals surface area contributed by atoms with Gasteiger partial charge < -0.3 is 4.90 Å². The number of hydrogen-bond donors (Lipinski definition) is 0. The van der Waals surface area contributed by atoms with Crippen molar-refractivity contribution >= 4 is 17.6 Å². The molecule has 34 heavy (non-hydrogen) atoms. The zero-order valence-electron chi connectivity index (χ0n) is 20.0. The molecule has 1 saturated heterocycles. The quantitative estimate of drug-likeness (QED) is 0.545. The van der Waals surface area contributed by atoms with Crippen LogP contribution in [0.25, 0.3) is 11.4 Å². The van der Waals surface area contributed by atoms with E-state index in [0.717, 1.165) is 36.1 Å². The maximum Gasteiger partial charge on any atom is 0.254 e. The van der Waals surface area contributed by atoms with Gasteiger partial charge in [0, 0.05) is 35.5 Å². The van der Waals surface area contributed by atoms with Crippen LogP contribution in [0.2, 0.25) is 0 Å². The van der Waals surface area contributed by atoms with Crippen LogP contribution in [-0.2, 0) is 17.8 Å². The van der Waals surface area contributed by atoms with Crippen molar-refractivity contribution in [3.63, 3.8) is 0 Å². The number of aromatic nitrogens is 2. The van der Waals surface area contributed by atoms with Crippen molar-refractivity contribution in [2.24, 2.45) is 0 Å². The first-order chi connectivity index (χ1) is 16.4. The molecular formula is C28H30N4O2. The minimum Gasteiger partial charge on any atom is -0.336 e. The van der Waals surface area contributed by atoms with E-state index in [0.29, 0.717) is 42.1 Å². The van der Waals surface area contributed by atoms with Crippen LogP contribution in [-0.4, -0.2) is 39.3 Å². The second-order valence-electron chi connectivity index (χ2n) is 9.63. The molecule has 3 heterocycles. The highest BCUT2D eigenvalue weighted by molar-refractivity contribution is 6.00. The number of anilines is 1. The second-order valence-corrected chi connectivity index (χ2v) is 9.63. The van der Waals surface area contributed by atoms with Gasteiger partial charge in [0.25, 0.3) is 5.91 Å². The SMILES string of the molecule is CC(C)c1ccccc1-c1ncc2c(n1)N(Cc1ccc(C(=O)N3CCC[C@@H]3C)cc1)C(=O)C2. The largest absolute Gasteiger partial charge is 0.336 e. The van der Waals surface area contributed by atoms with Gasteiger partial charge in [0.1, 0.15) is 5.82 Å². The van der Waals surface area contributed by atoms with Crippen molar-refractivity contribution in [3.8, 4) is 11.4 Å². The minimum absolute atomic E-state index is 0.0182. The van der Waals surface area contributed by atoms with Gasteiger partial charge in [-0.2, -0.15) is 0 Å². The molecule has 0 aliphatic carbocycles. The molecular weight excluding hydrogens is 424 g/mol. The van der Waals surface area contributed by atoms with Crippen LogP contribution in [0.1, 0.15) is 66.6 Å². The number of carbonyl (C=O) groups excluding carboxylic acids is 2. The maximum atomic E-state index is 12.8. The van der Waals surface area contributed by atoms with Crippen LogP contribution < -0.4 is 4.90 Å². The van der Waals surface area contributed by atoms with Crippen molar-refractivity contribution in [1.82, 2.24) is 14.9 Å². The van der Waals surface area contributed by atoms with Gasteiger partial charge in [0.15, 0.2) is 5.82 Å². The average molecular weight is 455 g/mol. The van der Waals surface area contributed by atoms with Crippen LogP contribution in [0.15, 0.2) is 54.7 Å². The zero-order valence-corrected chi connectivity index (χ0v) is 20.0. The summed E-state index contributed by atoms with van der Waals surface area (Å²) in [5.41, 5.74) is 4.70. The predicted octanol–water partition coefficient (Wildman–Crippen LogP) is 4.98. The Morgan fingerprint density at radius 2 is 1.88 bits per heavy atom. The van der Waals surface area contributed by atoms with E-state index in [-0.39, 0.29) is 11.8 Å². The van der Waals surface area contributed by atoms with Gasteiger partial charge in [-0.1, -0.05) is 50.2 Å². The first kappa shape index (κ1) is 22.3. The first-order valence-corrected chi connectivity index (χ1v) is 12.1. The summed E-state index contributed by atoms with van der Waals surface area (Å²) >= 11 is 0. The standard InChI is InChI=1S/C28H30N4O2/c1-18(2)23-8-4-5-9-24(23)26-29-16-22-15-25(33)32(27(22)30-26)17-20-10-12-21(13-11-20)28(34)31-14-6-7-19(31)3/h4-5,8-13,16,18-19H,6-7,14-15,17H2,1-3H3/t19-/m0/s1. The summed E-state index contributed by atoms with van der Waals surface area (Å²) in [4.78, 5) is 38.8. The van der Waals surface area contributed by atoms with Gasteiger partial charge in [-0.05, 0) is 48.9 Å². The normalized spacial score (nSPS) is 17.5. The third-order valence-corrected chi connectivity index (χ3v) is 6.92. The monoisotopic (exact) mass is 454 g/mol. The van der Waals surface area contributed by atoms with E-state index in [2.05, 4.69) is 31.8 Å². The fourth-order valence-corrected chi connectivity index (χ4v) is 4.97. The van der Waals surface area contributed by atoms with E-state index in [1.165, 1.54) is 5.56 Å². The molecule has 2 amide bonds. The molecule has 0 bridgehead atoms. The highest BCUT2D eigenvalue weighted by atomic mass is 16.2. The highest BCUT2D eigenvalue weighted by Crippen LogP contribution is 2.32. The second kappa shape index (κ2) is 9.01. The molecule has 0 spiro atoms. The highest BCUT2D eigenvalue weighted by Gasteiger charge is 2.30. The summed E-state index contributed by atoms with van der Waals surface area (Å²) in [6.07, 6.45) is 4.22. The number of benzene rings is 2. The van der Waals surface area contributed by atoms with Crippen LogP contribution in [0.3, 0.4) is 0 Å². The summed E-state index contributed by atoms with van der Waals surface area (Å²) in [6.45, 7) is 7.65. The molecule has 1 aromatic heterocycles. The Labute approximate surface area is 200 Å². The fraction of sp³-hybridized carbons (Fsp3) is 0.357. The summed E-state index contributed by atoms with van der Waals surface area (Å²) in [5.74, 6) is 1.77. The van der Waals surface area contributed by atoms with Gasteiger partial charge in [-0.15, -0.1) is 0 Å². The molecule has 0 N–H and O–H groups in total. The number of rotatable bonds is 5. The van der Waals surface area contributed by atoms with Gasteiger partial charge in [-0.3, -0.25) is 14.5 Å². The van der Waals surface area contributed by atoms with Crippen molar-refractivity contribution < 1.29 is 9.59 Å². The number of amides is 2. The Balaban J connectivity index is 1.39. The van der Waals surface area contributed by atoms with Crippen LogP contribution in [0, 0.1) is 0 Å². The molecule has 0 radical (unpaired) electrons. The molecule has 6 heteroatoms. The third kappa shape index (κ3) is 4.09. The molecule has 0 unspecified atom stereocenters. The van der Waals surface area contributed by atoms with Crippen LogP contribution in [0.5, 0.6) is 0 Å². The van der Waals surface area contributed by atoms with Crippen LogP contribution >= 0.6 is 0 Å². The van der Waals surface area contributed by atoms with Gasteiger partial charge in [-0.25, -0.2) is 9.97 Å². The van der Waals surface area contributed by atoms with E-state index in [9.17, 15) is 9.59 Å². The van der Waals surface area contributed by atoms with Crippen molar-refractivity contribution in [1.29, 1.82) is 0 Å². The topological polar surface area (TPSA) is 66.4 Å². The van der Waals surface area contributed by atoms with Gasteiger partial charge >= 0.3 is 0 Å². The summed E-state index contributed by atoms with van der Waals surface area (Å²) in [5, 5.41) is 0. The van der Waals surface area contributed by atoms with Crippen molar-refractivity contribution in [3.05, 3.63) is 77.0 Å². The lowest BCUT2D eigenvalue weighted by atomic mass is 9.97. The third-order valence-electron chi connectivity index (χ3n) is 6.92. The molecule has 6 nitrogen and oxygen atoms in total. The summed E-state index contributed by atoms with van der Waals surface area (Å²) < 4.78 is 0. The molecule has 2 aliphatic heterocycles. The molecule has 5 rings (SSSR count). The number of hydrogen-bond acceptors (Lipinski definition) is 4. The average Bonchev–Trinajstić information content (AvgIpc) is 3.41. The lowest BCUT2D eigenvalue weighted by Gasteiger charge is -2.22. The molecule has 1 atom stereocenters. The van der Waals surface area contributed by atoms with Gasteiger partial charge in [0.05, 0.1) is 13.0 Å². The summed E-state index contributed by atoms with van der Waals surface area (Å²) in [6, 6.07) is 16.1. The number of fused-ring (bicyclic) bond motifs is 1. The van der Waals surface area contributed by atoms with E-state index in [1.54, 1.807) is 11.1 Å². The van der Waals surface area contributed by atoms with Gasteiger partial charge in [0.2, 0.25) is 5.91 Å². The lowest BCUT2D eigenvalue weighted by Crippen LogP contribution is -2.33.